The van der Waals surface area contributed by atoms with Crippen LogP contribution < -0.4 is 5.32 Å². The monoisotopic (exact) mass is 449 g/mol. The van der Waals surface area contributed by atoms with E-state index in [2.05, 4.69) is 59.0 Å². The summed E-state index contributed by atoms with van der Waals surface area (Å²) in [6, 6.07) is 16.2. The van der Waals surface area contributed by atoms with E-state index >= 15 is 0 Å². The molecule has 31 heavy (non-hydrogen) atoms. The number of benzene rings is 2. The second-order valence-corrected chi connectivity index (χ2v) is 9.23. The van der Waals surface area contributed by atoms with Crippen LogP contribution in [0.25, 0.3) is 16.3 Å². The molecular formula is C23H23N5OS2. The number of hydrogen-bond acceptors (Lipinski definition) is 6. The number of carbonyl (C=O) groups excluding carboxylic acids is 1. The van der Waals surface area contributed by atoms with Crippen LogP contribution in [-0.4, -0.2) is 25.7 Å². The van der Waals surface area contributed by atoms with Crippen molar-refractivity contribution in [3.05, 3.63) is 71.5 Å². The molecule has 0 unspecified atom stereocenters. The fraction of sp³-hybridized carbons (Fsp3) is 0.217. The Labute approximate surface area is 189 Å². The van der Waals surface area contributed by atoms with Crippen molar-refractivity contribution in [1.82, 2.24) is 19.7 Å². The molecule has 0 saturated heterocycles. The lowest BCUT2D eigenvalue weighted by Gasteiger charge is -2.08. The van der Waals surface area contributed by atoms with Crippen LogP contribution in [-0.2, 0) is 10.5 Å². The number of nitrogens with zero attached hydrogens (tertiary/aromatic N) is 4. The molecule has 6 nitrogen and oxygen atoms in total. The predicted octanol–water partition coefficient (Wildman–Crippen LogP) is 5.76. The van der Waals surface area contributed by atoms with Crippen LogP contribution in [0.4, 0.5) is 5.69 Å². The van der Waals surface area contributed by atoms with Gasteiger partial charge in [0.2, 0.25) is 5.91 Å². The van der Waals surface area contributed by atoms with Gasteiger partial charge in [0.1, 0.15) is 11.3 Å². The van der Waals surface area contributed by atoms with Gasteiger partial charge in [-0.2, -0.15) is 0 Å². The molecule has 0 aliphatic rings. The van der Waals surface area contributed by atoms with E-state index in [0.29, 0.717) is 11.7 Å². The molecule has 0 fully saturated rings. The highest BCUT2D eigenvalue weighted by atomic mass is 32.2. The average molecular weight is 450 g/mol. The smallest absolute Gasteiger partial charge is 0.221 e. The van der Waals surface area contributed by atoms with E-state index in [1.807, 2.05) is 28.8 Å². The average Bonchev–Trinajstić information content (AvgIpc) is 3.41. The van der Waals surface area contributed by atoms with Crippen LogP contribution >= 0.6 is 23.1 Å². The van der Waals surface area contributed by atoms with Gasteiger partial charge in [-0.05, 0) is 29.7 Å². The molecule has 0 saturated carbocycles. The Morgan fingerprint density at radius 1 is 1.19 bits per heavy atom. The van der Waals surface area contributed by atoms with Crippen molar-refractivity contribution in [3.63, 3.8) is 0 Å². The number of carbonyl (C=O) groups is 1. The van der Waals surface area contributed by atoms with Gasteiger partial charge in [-0.15, -0.1) is 21.5 Å². The number of nitrogens with one attached hydrogen (secondary N) is 1. The quantitative estimate of drug-likeness (QED) is 0.363. The van der Waals surface area contributed by atoms with E-state index in [0.717, 1.165) is 32.8 Å². The molecule has 0 spiro atoms. The number of thioether (sulfide) groups is 1. The lowest BCUT2D eigenvalue weighted by molar-refractivity contribution is -0.114. The molecule has 1 N–H and O–H groups in total. The number of amides is 1. The van der Waals surface area contributed by atoms with Crippen molar-refractivity contribution >= 4 is 34.7 Å². The molecule has 8 heteroatoms. The molecule has 0 aliphatic carbocycles. The summed E-state index contributed by atoms with van der Waals surface area (Å²) in [5.41, 5.74) is 5.12. The van der Waals surface area contributed by atoms with Gasteiger partial charge in [-0.1, -0.05) is 55.9 Å². The van der Waals surface area contributed by atoms with Crippen LogP contribution in [0, 0.1) is 0 Å². The molecule has 0 aliphatic heterocycles. The zero-order chi connectivity index (χ0) is 21.8. The van der Waals surface area contributed by atoms with Gasteiger partial charge >= 0.3 is 0 Å². The molecule has 4 aromatic rings. The fourth-order valence-corrected chi connectivity index (χ4v) is 4.84. The third-order valence-electron chi connectivity index (χ3n) is 4.69. The summed E-state index contributed by atoms with van der Waals surface area (Å²) >= 11 is 3.24. The predicted molar refractivity (Wildman–Crippen MR) is 127 cm³/mol. The lowest BCUT2D eigenvalue weighted by Crippen LogP contribution is -2.06. The van der Waals surface area contributed by atoms with Gasteiger partial charge in [0.15, 0.2) is 5.16 Å². The van der Waals surface area contributed by atoms with Crippen LogP contribution in [0.15, 0.2) is 65.4 Å². The summed E-state index contributed by atoms with van der Waals surface area (Å²) in [4.78, 5) is 16.1. The zero-order valence-corrected chi connectivity index (χ0v) is 19.2. The van der Waals surface area contributed by atoms with Crippen LogP contribution in [0.1, 0.15) is 37.9 Å². The van der Waals surface area contributed by atoms with Crippen LogP contribution in [0.3, 0.4) is 0 Å². The number of anilines is 1. The van der Waals surface area contributed by atoms with Crippen molar-refractivity contribution < 1.29 is 4.79 Å². The number of rotatable bonds is 7. The Morgan fingerprint density at radius 3 is 2.74 bits per heavy atom. The SMILES string of the molecule is CC(=O)Nc1cccc(-n2cnnc2SCc2csc(-c3ccc(C(C)C)cc3)n2)c1. The standard InChI is InChI=1S/C23H23N5OS2/c1-15(2)17-7-9-18(10-8-17)22-26-20(12-30-22)13-31-23-27-24-14-28(23)21-6-4-5-19(11-21)25-16(3)29/h4-12,14-15H,13H2,1-3H3,(H,25,29). The summed E-state index contributed by atoms with van der Waals surface area (Å²) in [5.74, 6) is 1.12. The minimum atomic E-state index is -0.103. The van der Waals surface area contributed by atoms with Crippen LogP contribution in [0.2, 0.25) is 0 Å². The third-order valence-corrected chi connectivity index (χ3v) is 6.60. The summed E-state index contributed by atoms with van der Waals surface area (Å²) < 4.78 is 1.91. The first-order chi connectivity index (χ1) is 15.0. The van der Waals surface area contributed by atoms with E-state index < -0.39 is 0 Å². The first-order valence-electron chi connectivity index (χ1n) is 9.95. The topological polar surface area (TPSA) is 72.7 Å². The molecule has 158 valence electrons. The number of aromatic nitrogens is 4. The Kier molecular flexibility index (Phi) is 6.48. The van der Waals surface area contributed by atoms with Gasteiger partial charge in [0.25, 0.3) is 0 Å². The maximum atomic E-state index is 11.3. The summed E-state index contributed by atoms with van der Waals surface area (Å²) in [5, 5.41) is 15.0. The first-order valence-corrected chi connectivity index (χ1v) is 11.8. The molecule has 0 bridgehead atoms. The molecule has 4 rings (SSSR count). The van der Waals surface area contributed by atoms with Gasteiger partial charge in [-0.25, -0.2) is 4.98 Å². The molecule has 2 aromatic heterocycles. The van der Waals surface area contributed by atoms with Crippen molar-refractivity contribution in [1.29, 1.82) is 0 Å². The Hall–Kier alpha value is -2.97. The second kappa shape index (κ2) is 9.45. The summed E-state index contributed by atoms with van der Waals surface area (Å²) in [6.45, 7) is 5.89. The van der Waals surface area contributed by atoms with Crippen molar-refractivity contribution in [2.45, 2.75) is 37.6 Å². The normalized spacial score (nSPS) is 11.1. The Bertz CT molecular complexity index is 1180. The number of thiazole rings is 1. The van der Waals surface area contributed by atoms with E-state index in [1.54, 1.807) is 29.4 Å². The van der Waals surface area contributed by atoms with E-state index in [9.17, 15) is 4.79 Å². The van der Waals surface area contributed by atoms with Crippen molar-refractivity contribution in [2.24, 2.45) is 0 Å². The van der Waals surface area contributed by atoms with Gasteiger partial charge in [-0.3, -0.25) is 9.36 Å². The summed E-state index contributed by atoms with van der Waals surface area (Å²) in [7, 11) is 0. The van der Waals surface area contributed by atoms with Gasteiger partial charge in [0, 0.05) is 29.3 Å². The minimum Gasteiger partial charge on any atom is -0.326 e. The molecule has 1 amide bonds. The molecule has 0 atom stereocenters. The highest BCUT2D eigenvalue weighted by Crippen LogP contribution is 2.29. The largest absolute Gasteiger partial charge is 0.326 e. The number of hydrogen-bond donors (Lipinski definition) is 1. The van der Waals surface area contributed by atoms with Gasteiger partial charge in [0.05, 0.1) is 11.4 Å². The second-order valence-electron chi connectivity index (χ2n) is 7.42. The molecular weight excluding hydrogens is 426 g/mol. The first kappa shape index (κ1) is 21.3. The fourth-order valence-electron chi connectivity index (χ4n) is 3.09. The molecule has 0 radical (unpaired) electrons. The van der Waals surface area contributed by atoms with Crippen LogP contribution in [0.5, 0.6) is 0 Å². The van der Waals surface area contributed by atoms with E-state index in [-0.39, 0.29) is 5.91 Å². The Morgan fingerprint density at radius 2 is 2.00 bits per heavy atom. The highest BCUT2D eigenvalue weighted by Gasteiger charge is 2.11. The maximum Gasteiger partial charge on any atom is 0.221 e. The summed E-state index contributed by atoms with van der Waals surface area (Å²) in [6.07, 6.45) is 1.68. The Balaban J connectivity index is 1.46. The third kappa shape index (κ3) is 5.21. The van der Waals surface area contributed by atoms with E-state index in [4.69, 9.17) is 4.98 Å². The lowest BCUT2D eigenvalue weighted by atomic mass is 10.0. The highest BCUT2D eigenvalue weighted by molar-refractivity contribution is 7.98. The van der Waals surface area contributed by atoms with Gasteiger partial charge < -0.3 is 5.32 Å². The van der Waals surface area contributed by atoms with Crippen molar-refractivity contribution in [3.8, 4) is 16.3 Å². The molecule has 2 aromatic carbocycles. The van der Waals surface area contributed by atoms with E-state index in [1.165, 1.54) is 12.5 Å². The van der Waals surface area contributed by atoms with Crippen molar-refractivity contribution in [2.75, 3.05) is 5.32 Å². The minimum absolute atomic E-state index is 0.103. The zero-order valence-electron chi connectivity index (χ0n) is 17.6. The molecule has 2 heterocycles. The maximum absolute atomic E-state index is 11.3.